The van der Waals surface area contributed by atoms with Crippen molar-refractivity contribution in [2.75, 3.05) is 5.32 Å². The van der Waals surface area contributed by atoms with Gasteiger partial charge in [0, 0.05) is 18.6 Å². The predicted octanol–water partition coefficient (Wildman–Crippen LogP) is 2.19. The van der Waals surface area contributed by atoms with Gasteiger partial charge in [0.05, 0.1) is 17.9 Å². The van der Waals surface area contributed by atoms with Crippen molar-refractivity contribution in [3.63, 3.8) is 0 Å². The first-order valence-electron chi connectivity index (χ1n) is 7.17. The van der Waals surface area contributed by atoms with E-state index >= 15 is 0 Å². The number of nitrogens with one attached hydrogen (secondary N) is 1. The van der Waals surface area contributed by atoms with Crippen LogP contribution in [0, 0.1) is 0 Å². The first-order chi connectivity index (χ1) is 11.4. The topological polar surface area (TPSA) is 80.9 Å². The first-order valence-corrected chi connectivity index (χ1v) is 7.17. The Balaban J connectivity index is 1.55. The molecule has 0 atom stereocenters. The molecule has 0 saturated carbocycles. The van der Waals surface area contributed by atoms with E-state index in [9.17, 15) is 0 Å². The van der Waals surface area contributed by atoms with Gasteiger partial charge in [0.2, 0.25) is 5.95 Å². The molecule has 112 valence electrons. The van der Waals surface area contributed by atoms with Crippen LogP contribution >= 0.6 is 0 Å². The van der Waals surface area contributed by atoms with E-state index in [4.69, 9.17) is 0 Å². The summed E-state index contributed by atoms with van der Waals surface area (Å²) in [6.07, 6.45) is 5.38. The van der Waals surface area contributed by atoms with Gasteiger partial charge in [-0.15, -0.1) is 10.2 Å². The van der Waals surface area contributed by atoms with Crippen molar-refractivity contribution in [3.05, 3.63) is 66.9 Å². The molecule has 0 saturated heterocycles. The molecular weight excluding hydrogens is 290 g/mol. The Hall–Kier alpha value is -3.35. The zero-order valence-corrected chi connectivity index (χ0v) is 12.2. The molecule has 4 rings (SSSR count). The smallest absolute Gasteiger partial charge is 0.223 e. The van der Waals surface area contributed by atoms with E-state index in [1.807, 2.05) is 53.1 Å². The van der Waals surface area contributed by atoms with Crippen molar-refractivity contribution < 1.29 is 0 Å². The fourth-order valence-corrected chi connectivity index (χ4v) is 2.27. The second-order valence-electron chi connectivity index (χ2n) is 4.88. The molecule has 0 spiro atoms. The lowest BCUT2D eigenvalue weighted by molar-refractivity contribution is 0.903. The minimum Gasteiger partial charge on any atom is -0.347 e. The standard InChI is InChI=1S/C16H13N7/c1-3-8-17-12(5-1)13-7-9-18-16(20-13)19-11-15-22-21-14-6-2-4-10-23(14)15/h1-10H,11H2,(H,18,19,20). The summed E-state index contributed by atoms with van der Waals surface area (Å²) in [7, 11) is 0. The number of rotatable bonds is 4. The van der Waals surface area contributed by atoms with Gasteiger partial charge in [0.1, 0.15) is 0 Å². The van der Waals surface area contributed by atoms with Crippen molar-refractivity contribution in [1.29, 1.82) is 0 Å². The van der Waals surface area contributed by atoms with Crippen LogP contribution in [0.5, 0.6) is 0 Å². The summed E-state index contributed by atoms with van der Waals surface area (Å²) >= 11 is 0. The zero-order chi connectivity index (χ0) is 15.5. The summed E-state index contributed by atoms with van der Waals surface area (Å²) in [5.41, 5.74) is 2.40. The van der Waals surface area contributed by atoms with Crippen LogP contribution in [0.3, 0.4) is 0 Å². The van der Waals surface area contributed by atoms with Gasteiger partial charge in [-0.05, 0) is 30.3 Å². The van der Waals surface area contributed by atoms with Crippen LogP contribution in [0.2, 0.25) is 0 Å². The quantitative estimate of drug-likeness (QED) is 0.622. The van der Waals surface area contributed by atoms with Gasteiger partial charge in [-0.1, -0.05) is 12.1 Å². The summed E-state index contributed by atoms with van der Waals surface area (Å²) in [6, 6.07) is 13.3. The largest absolute Gasteiger partial charge is 0.347 e. The molecule has 0 bridgehead atoms. The molecular formula is C16H13N7. The van der Waals surface area contributed by atoms with Gasteiger partial charge in [-0.3, -0.25) is 9.38 Å². The molecule has 0 aliphatic carbocycles. The fraction of sp³-hybridized carbons (Fsp3) is 0.0625. The van der Waals surface area contributed by atoms with Gasteiger partial charge in [0.25, 0.3) is 0 Å². The zero-order valence-electron chi connectivity index (χ0n) is 12.2. The Bertz CT molecular complexity index is 933. The highest BCUT2D eigenvalue weighted by atomic mass is 15.3. The summed E-state index contributed by atoms with van der Waals surface area (Å²) in [5, 5.41) is 11.5. The second-order valence-corrected chi connectivity index (χ2v) is 4.88. The summed E-state index contributed by atoms with van der Waals surface area (Å²) < 4.78 is 1.93. The number of aromatic nitrogens is 6. The number of hydrogen-bond acceptors (Lipinski definition) is 6. The normalized spacial score (nSPS) is 10.8. The number of anilines is 1. The summed E-state index contributed by atoms with van der Waals surface area (Å²) in [6.45, 7) is 0.483. The third kappa shape index (κ3) is 2.71. The molecule has 4 aromatic rings. The highest BCUT2D eigenvalue weighted by molar-refractivity contribution is 5.54. The van der Waals surface area contributed by atoms with Crippen LogP contribution in [-0.4, -0.2) is 29.5 Å². The minimum atomic E-state index is 0.483. The van der Waals surface area contributed by atoms with E-state index in [2.05, 4.69) is 30.5 Å². The van der Waals surface area contributed by atoms with E-state index < -0.39 is 0 Å². The Labute approximate surface area is 132 Å². The van der Waals surface area contributed by atoms with Gasteiger partial charge < -0.3 is 5.32 Å². The Morgan fingerprint density at radius 2 is 1.83 bits per heavy atom. The van der Waals surface area contributed by atoms with Crippen LogP contribution in [0.25, 0.3) is 17.0 Å². The van der Waals surface area contributed by atoms with Crippen molar-refractivity contribution in [2.24, 2.45) is 0 Å². The maximum atomic E-state index is 4.48. The Kier molecular flexibility index (Phi) is 3.36. The van der Waals surface area contributed by atoms with Crippen LogP contribution < -0.4 is 5.32 Å². The van der Waals surface area contributed by atoms with Crippen molar-refractivity contribution in [3.8, 4) is 11.4 Å². The molecule has 0 radical (unpaired) electrons. The van der Waals surface area contributed by atoms with Gasteiger partial charge in [-0.2, -0.15) is 0 Å². The third-order valence-corrected chi connectivity index (χ3v) is 3.37. The van der Waals surface area contributed by atoms with Crippen LogP contribution in [0.15, 0.2) is 61.1 Å². The number of hydrogen-bond donors (Lipinski definition) is 1. The molecule has 0 fully saturated rings. The number of nitrogens with zero attached hydrogens (tertiary/aromatic N) is 6. The molecule has 23 heavy (non-hydrogen) atoms. The number of fused-ring (bicyclic) bond motifs is 1. The molecule has 0 aromatic carbocycles. The molecule has 0 unspecified atom stereocenters. The lowest BCUT2D eigenvalue weighted by Crippen LogP contribution is -2.07. The van der Waals surface area contributed by atoms with Gasteiger partial charge in [-0.25, -0.2) is 9.97 Å². The lowest BCUT2D eigenvalue weighted by atomic mass is 10.3. The van der Waals surface area contributed by atoms with Gasteiger partial charge in [0.15, 0.2) is 11.5 Å². The van der Waals surface area contributed by atoms with E-state index in [1.165, 1.54) is 0 Å². The van der Waals surface area contributed by atoms with E-state index in [0.29, 0.717) is 12.5 Å². The van der Waals surface area contributed by atoms with Gasteiger partial charge >= 0.3 is 0 Å². The van der Waals surface area contributed by atoms with E-state index in [1.54, 1.807) is 12.4 Å². The second kappa shape index (κ2) is 5.80. The fourth-order valence-electron chi connectivity index (χ4n) is 2.27. The average Bonchev–Trinajstić information content (AvgIpc) is 3.04. The van der Waals surface area contributed by atoms with E-state index in [-0.39, 0.29) is 0 Å². The van der Waals surface area contributed by atoms with Crippen LogP contribution in [-0.2, 0) is 6.54 Å². The molecule has 1 N–H and O–H groups in total. The highest BCUT2D eigenvalue weighted by Gasteiger charge is 2.06. The molecule has 4 aromatic heterocycles. The highest BCUT2D eigenvalue weighted by Crippen LogP contribution is 2.14. The SMILES string of the molecule is c1ccc(-c2ccnc(NCc3nnc4ccccn34)n2)nc1. The minimum absolute atomic E-state index is 0.483. The van der Waals surface area contributed by atoms with Crippen LogP contribution in [0.4, 0.5) is 5.95 Å². The van der Waals surface area contributed by atoms with Crippen molar-refractivity contribution in [1.82, 2.24) is 29.5 Å². The Morgan fingerprint density at radius 3 is 2.74 bits per heavy atom. The molecule has 7 heteroatoms. The lowest BCUT2D eigenvalue weighted by Gasteiger charge is -2.05. The third-order valence-electron chi connectivity index (χ3n) is 3.37. The summed E-state index contributed by atoms with van der Waals surface area (Å²) in [5.74, 6) is 1.33. The number of pyridine rings is 2. The summed E-state index contributed by atoms with van der Waals surface area (Å²) in [4.78, 5) is 13.0. The predicted molar refractivity (Wildman–Crippen MR) is 85.6 cm³/mol. The van der Waals surface area contributed by atoms with Crippen molar-refractivity contribution in [2.45, 2.75) is 6.54 Å². The van der Waals surface area contributed by atoms with E-state index in [0.717, 1.165) is 22.9 Å². The molecule has 7 nitrogen and oxygen atoms in total. The Morgan fingerprint density at radius 1 is 0.870 bits per heavy atom. The van der Waals surface area contributed by atoms with Crippen molar-refractivity contribution >= 4 is 11.6 Å². The first kappa shape index (κ1) is 13.3. The molecule has 0 aliphatic heterocycles. The molecule has 4 heterocycles. The monoisotopic (exact) mass is 303 g/mol. The molecule has 0 amide bonds. The van der Waals surface area contributed by atoms with Crippen LogP contribution in [0.1, 0.15) is 5.82 Å². The molecule has 0 aliphatic rings. The maximum Gasteiger partial charge on any atom is 0.223 e. The maximum absolute atomic E-state index is 4.48. The average molecular weight is 303 g/mol.